The van der Waals surface area contributed by atoms with E-state index in [9.17, 15) is 14.7 Å². The Morgan fingerprint density at radius 3 is 2.71 bits per heavy atom. The van der Waals surface area contributed by atoms with Crippen LogP contribution in [-0.4, -0.2) is 44.4 Å². The molecule has 3 rings (SSSR count). The maximum atomic E-state index is 12.4. The molecule has 7 heteroatoms. The molecule has 7 nitrogen and oxygen atoms in total. The van der Waals surface area contributed by atoms with Crippen LogP contribution in [0.2, 0.25) is 0 Å². The summed E-state index contributed by atoms with van der Waals surface area (Å²) in [5.41, 5.74) is 0.814. The third kappa shape index (κ3) is 2.43. The summed E-state index contributed by atoms with van der Waals surface area (Å²) < 4.78 is 1.44. The molecule has 2 heterocycles. The van der Waals surface area contributed by atoms with Gasteiger partial charge in [-0.15, -0.1) is 5.10 Å². The molecule has 1 amide bonds. The summed E-state index contributed by atoms with van der Waals surface area (Å²) in [6, 6.07) is 6.73. The van der Waals surface area contributed by atoms with Crippen molar-refractivity contribution in [2.24, 2.45) is 0 Å². The predicted molar refractivity (Wildman–Crippen MR) is 74.2 cm³/mol. The van der Waals surface area contributed by atoms with Crippen LogP contribution in [-0.2, 0) is 6.54 Å². The molecule has 1 aliphatic heterocycles. The number of amides is 1. The maximum Gasteiger partial charge on any atom is 0.260 e. The zero-order valence-corrected chi connectivity index (χ0v) is 11.4. The summed E-state index contributed by atoms with van der Waals surface area (Å²) in [4.78, 5) is 25.9. The van der Waals surface area contributed by atoms with Gasteiger partial charge in [-0.1, -0.05) is 23.4 Å². The number of hydrogen-bond acceptors (Lipinski definition) is 5. The minimum absolute atomic E-state index is 0.0524. The topological polar surface area (TPSA) is 88.3 Å². The van der Waals surface area contributed by atoms with Gasteiger partial charge in [-0.05, 0) is 13.0 Å². The second-order valence-electron chi connectivity index (χ2n) is 5.01. The van der Waals surface area contributed by atoms with Crippen molar-refractivity contribution in [2.75, 3.05) is 11.4 Å². The van der Waals surface area contributed by atoms with Gasteiger partial charge in [0.25, 0.3) is 5.91 Å². The van der Waals surface area contributed by atoms with Crippen molar-refractivity contribution in [1.82, 2.24) is 15.0 Å². The number of anilines is 1. The predicted octanol–water partition coefficient (Wildman–Crippen LogP) is 0.502. The largest absolute Gasteiger partial charge is 0.391 e. The lowest BCUT2D eigenvalue weighted by Gasteiger charge is -2.25. The van der Waals surface area contributed by atoms with Gasteiger partial charge >= 0.3 is 0 Å². The zero-order chi connectivity index (χ0) is 15.0. The number of fused-ring (bicyclic) bond motifs is 1. The Morgan fingerprint density at radius 2 is 2.00 bits per heavy atom. The minimum atomic E-state index is -0.570. The van der Waals surface area contributed by atoms with Gasteiger partial charge in [0.1, 0.15) is 0 Å². The number of rotatable bonds is 3. The van der Waals surface area contributed by atoms with E-state index >= 15 is 0 Å². The van der Waals surface area contributed by atoms with Crippen molar-refractivity contribution >= 4 is 17.5 Å². The maximum absolute atomic E-state index is 12.4. The van der Waals surface area contributed by atoms with Crippen molar-refractivity contribution in [3.8, 4) is 0 Å². The number of aliphatic hydroxyl groups is 1. The number of aliphatic hydroxyl groups excluding tert-OH is 1. The summed E-state index contributed by atoms with van der Waals surface area (Å²) >= 11 is 0. The number of carbonyl (C=O) groups is 2. The molecular formula is C14H14N4O3. The van der Waals surface area contributed by atoms with Gasteiger partial charge in [0, 0.05) is 5.56 Å². The smallest absolute Gasteiger partial charge is 0.260 e. The normalized spacial score (nSPS) is 16.0. The molecule has 1 atom stereocenters. The van der Waals surface area contributed by atoms with E-state index in [0.717, 1.165) is 0 Å². The van der Waals surface area contributed by atoms with Crippen LogP contribution >= 0.6 is 0 Å². The molecule has 0 saturated heterocycles. The van der Waals surface area contributed by atoms with Crippen LogP contribution < -0.4 is 4.90 Å². The van der Waals surface area contributed by atoms with Crippen molar-refractivity contribution in [3.63, 3.8) is 0 Å². The van der Waals surface area contributed by atoms with Crippen LogP contribution in [0.5, 0.6) is 0 Å². The first-order valence-electron chi connectivity index (χ1n) is 6.58. The van der Waals surface area contributed by atoms with Crippen LogP contribution in [0.15, 0.2) is 30.5 Å². The molecule has 21 heavy (non-hydrogen) atoms. The van der Waals surface area contributed by atoms with Gasteiger partial charge in [0.05, 0.1) is 31.0 Å². The molecule has 2 aromatic rings. The van der Waals surface area contributed by atoms with Crippen LogP contribution in [0, 0.1) is 0 Å². The molecule has 1 N–H and O–H groups in total. The van der Waals surface area contributed by atoms with E-state index in [-0.39, 0.29) is 24.8 Å². The zero-order valence-electron chi connectivity index (χ0n) is 11.4. The van der Waals surface area contributed by atoms with Gasteiger partial charge < -0.3 is 5.11 Å². The van der Waals surface area contributed by atoms with Crippen molar-refractivity contribution in [2.45, 2.75) is 19.6 Å². The Balaban J connectivity index is 1.92. The molecule has 108 valence electrons. The third-order valence-corrected chi connectivity index (χ3v) is 3.26. The summed E-state index contributed by atoms with van der Waals surface area (Å²) in [5.74, 6) is -0.0897. The first-order chi connectivity index (χ1) is 10.1. The lowest BCUT2D eigenvalue weighted by Crippen LogP contribution is -2.41. The summed E-state index contributed by atoms with van der Waals surface area (Å²) in [7, 11) is 0. The number of aromatic nitrogens is 3. The Bertz CT molecular complexity index is 708. The lowest BCUT2D eigenvalue weighted by atomic mass is 9.98. The number of nitrogens with zero attached hydrogens (tertiary/aromatic N) is 4. The molecule has 1 aromatic carbocycles. The van der Waals surface area contributed by atoms with E-state index in [2.05, 4.69) is 10.3 Å². The Labute approximate surface area is 120 Å². The van der Waals surface area contributed by atoms with E-state index in [4.69, 9.17) is 0 Å². The Hall–Kier alpha value is -2.54. The van der Waals surface area contributed by atoms with E-state index in [1.54, 1.807) is 37.4 Å². The fourth-order valence-electron chi connectivity index (χ4n) is 2.32. The molecule has 0 radical (unpaired) electrons. The monoisotopic (exact) mass is 286 g/mol. The van der Waals surface area contributed by atoms with Crippen LogP contribution in [0.25, 0.3) is 0 Å². The van der Waals surface area contributed by atoms with Crippen LogP contribution in [0.3, 0.4) is 0 Å². The Morgan fingerprint density at radius 1 is 1.29 bits per heavy atom. The SMILES string of the molecule is CC(O)Cn1cc(N2CC(=O)c3ccccc3C2=O)nn1. The number of Topliss-reactive ketones (excluding diaryl/α,β-unsaturated/α-hetero) is 1. The lowest BCUT2D eigenvalue weighted by molar-refractivity contribution is 0.0909. The average Bonchev–Trinajstić information content (AvgIpc) is 2.90. The van der Waals surface area contributed by atoms with Gasteiger partial charge in [0.2, 0.25) is 0 Å². The molecule has 1 aromatic heterocycles. The Kier molecular flexibility index (Phi) is 3.26. The number of carbonyl (C=O) groups excluding carboxylic acids is 2. The first-order valence-corrected chi connectivity index (χ1v) is 6.58. The van der Waals surface area contributed by atoms with Crippen LogP contribution in [0.4, 0.5) is 5.82 Å². The molecule has 0 bridgehead atoms. The third-order valence-electron chi connectivity index (χ3n) is 3.26. The molecule has 1 aliphatic rings. The standard InChI is InChI=1S/C14H14N4O3/c1-9(19)6-17-8-13(15-16-17)18-7-12(20)10-4-2-3-5-11(10)14(18)21/h2-5,8-9,19H,6-7H2,1H3. The van der Waals surface area contributed by atoms with Gasteiger partial charge in [-0.25, -0.2) is 4.68 Å². The highest BCUT2D eigenvalue weighted by Gasteiger charge is 2.31. The second kappa shape index (κ2) is 5.10. The fourth-order valence-corrected chi connectivity index (χ4v) is 2.32. The van der Waals surface area contributed by atoms with Gasteiger partial charge in [0.15, 0.2) is 11.6 Å². The quantitative estimate of drug-likeness (QED) is 0.887. The number of hydrogen-bond donors (Lipinski definition) is 1. The molecule has 0 fully saturated rings. The van der Waals surface area contributed by atoms with Crippen molar-refractivity contribution < 1.29 is 14.7 Å². The fraction of sp³-hybridized carbons (Fsp3) is 0.286. The molecule has 0 aliphatic carbocycles. The van der Waals surface area contributed by atoms with Gasteiger partial charge in [-0.3, -0.25) is 14.5 Å². The second-order valence-corrected chi connectivity index (χ2v) is 5.01. The molecule has 0 saturated carbocycles. The van der Waals surface area contributed by atoms with Crippen molar-refractivity contribution in [3.05, 3.63) is 41.6 Å². The highest BCUT2D eigenvalue weighted by molar-refractivity contribution is 6.20. The highest BCUT2D eigenvalue weighted by Crippen LogP contribution is 2.22. The summed E-state index contributed by atoms with van der Waals surface area (Å²) in [6.45, 7) is 1.86. The number of ketones is 1. The minimum Gasteiger partial charge on any atom is -0.391 e. The summed E-state index contributed by atoms with van der Waals surface area (Å²) in [5, 5.41) is 17.1. The molecule has 1 unspecified atom stereocenters. The van der Waals surface area contributed by atoms with E-state index < -0.39 is 6.10 Å². The van der Waals surface area contributed by atoms with E-state index in [1.807, 2.05) is 0 Å². The summed E-state index contributed by atoms with van der Waals surface area (Å²) in [6.07, 6.45) is 0.977. The molecular weight excluding hydrogens is 272 g/mol. The van der Waals surface area contributed by atoms with Crippen LogP contribution in [0.1, 0.15) is 27.6 Å². The van der Waals surface area contributed by atoms with Gasteiger partial charge in [-0.2, -0.15) is 0 Å². The van der Waals surface area contributed by atoms with E-state index in [1.165, 1.54) is 9.58 Å². The first kappa shape index (κ1) is 13.4. The molecule has 0 spiro atoms. The average molecular weight is 286 g/mol. The van der Waals surface area contributed by atoms with E-state index in [0.29, 0.717) is 16.9 Å². The van der Waals surface area contributed by atoms with Crippen molar-refractivity contribution in [1.29, 1.82) is 0 Å². The highest BCUT2D eigenvalue weighted by atomic mass is 16.3. The number of benzene rings is 1.